The molecule has 2 aromatic rings. The minimum absolute atomic E-state index is 0.00315. The second-order valence-electron chi connectivity index (χ2n) is 4.72. The van der Waals surface area contributed by atoms with E-state index in [1.165, 1.54) is 19.4 Å². The molecule has 1 aromatic heterocycles. The monoisotopic (exact) mass is 337 g/mol. The molecule has 0 fully saturated rings. The van der Waals surface area contributed by atoms with Crippen molar-refractivity contribution in [2.24, 2.45) is 0 Å². The summed E-state index contributed by atoms with van der Waals surface area (Å²) in [6.07, 6.45) is 1.20. The van der Waals surface area contributed by atoms with Gasteiger partial charge >= 0.3 is 5.16 Å². The molecule has 2 rings (SSSR count). The van der Waals surface area contributed by atoms with Crippen molar-refractivity contribution in [2.45, 2.75) is 19.0 Å². The van der Waals surface area contributed by atoms with Crippen LogP contribution >= 0.6 is 0 Å². The smallest absolute Gasteiger partial charge is 0.344 e. The highest BCUT2D eigenvalue weighted by Crippen LogP contribution is 2.26. The number of nitrogen functional groups attached to an aromatic ring is 1. The number of carbonyl (C=O) groups is 1. The summed E-state index contributed by atoms with van der Waals surface area (Å²) in [6.45, 7) is 3.28. The van der Waals surface area contributed by atoms with Gasteiger partial charge in [0.2, 0.25) is 5.78 Å². The fourth-order valence-electron chi connectivity index (χ4n) is 1.94. The van der Waals surface area contributed by atoms with Crippen LogP contribution in [0, 0.1) is 12.7 Å². The molecule has 0 saturated carbocycles. The van der Waals surface area contributed by atoms with E-state index in [0.29, 0.717) is 11.3 Å². The molecule has 0 bridgehead atoms. The van der Waals surface area contributed by atoms with Crippen molar-refractivity contribution in [3.63, 3.8) is 0 Å². The van der Waals surface area contributed by atoms with Gasteiger partial charge in [-0.15, -0.1) is 0 Å². The van der Waals surface area contributed by atoms with Crippen molar-refractivity contribution in [1.29, 1.82) is 0 Å². The molecule has 122 valence electrons. The molecule has 8 heteroatoms. The number of anilines is 1. The second-order valence-corrected chi connectivity index (χ2v) is 6.35. The maximum absolute atomic E-state index is 13.8. The van der Waals surface area contributed by atoms with E-state index in [-0.39, 0.29) is 27.9 Å². The van der Waals surface area contributed by atoms with Gasteiger partial charge < -0.3 is 15.0 Å². The molecule has 23 heavy (non-hydrogen) atoms. The van der Waals surface area contributed by atoms with E-state index in [1.807, 2.05) is 0 Å². The largest absolute Gasteiger partial charge is 0.609 e. The summed E-state index contributed by atoms with van der Waals surface area (Å²) in [5.74, 6) is -0.632. The van der Waals surface area contributed by atoms with E-state index < -0.39 is 22.8 Å². The second kappa shape index (κ2) is 6.93. The Labute approximate surface area is 136 Å². The molecule has 1 atom stereocenters. The van der Waals surface area contributed by atoms with Crippen molar-refractivity contribution in [2.75, 3.05) is 18.6 Å². The van der Waals surface area contributed by atoms with E-state index in [0.717, 1.165) is 6.07 Å². The number of nitrogens with two attached hydrogens (primary N) is 1. The van der Waals surface area contributed by atoms with Crippen LogP contribution in [-0.2, 0) is 11.2 Å². The maximum atomic E-state index is 13.8. The summed E-state index contributed by atoms with van der Waals surface area (Å²) in [5.41, 5.74) is 6.15. The van der Waals surface area contributed by atoms with E-state index >= 15 is 0 Å². The van der Waals surface area contributed by atoms with Gasteiger partial charge in [0, 0.05) is 17.4 Å². The van der Waals surface area contributed by atoms with E-state index in [9.17, 15) is 13.7 Å². The number of hydrogen-bond donors (Lipinski definition) is 1. The first-order chi connectivity index (χ1) is 10.9. The highest BCUT2D eigenvalue weighted by molar-refractivity contribution is 7.91. The Kier molecular flexibility index (Phi) is 5.17. The number of hydrogen-bond acceptors (Lipinski definition) is 6. The standard InChI is InChI=1S/C15H16FN3O3S/c1-4-23(21)15-18-7-10(14(17)19-15)13(20)9-6-11(16)8(2)5-12(9)22-3/h5-7H,4H2,1-3H3,(H2,17,18,19). The van der Waals surface area contributed by atoms with Crippen LogP contribution < -0.4 is 10.5 Å². The Morgan fingerprint density at radius 2 is 2.13 bits per heavy atom. The van der Waals surface area contributed by atoms with Crippen LogP contribution in [0.2, 0.25) is 0 Å². The first-order valence-corrected chi connectivity index (χ1v) is 8.10. The lowest BCUT2D eigenvalue weighted by Gasteiger charge is -2.11. The SMILES string of the molecule is CC[S+]([O-])c1ncc(C(=O)c2cc(F)c(C)cc2OC)c(N)n1. The molecule has 0 saturated heterocycles. The maximum Gasteiger partial charge on any atom is 0.344 e. The molecule has 1 heterocycles. The third-order valence-electron chi connectivity index (χ3n) is 3.23. The third-order valence-corrected chi connectivity index (χ3v) is 4.36. The Morgan fingerprint density at radius 1 is 1.43 bits per heavy atom. The van der Waals surface area contributed by atoms with Crippen LogP contribution in [0.1, 0.15) is 28.4 Å². The molecular weight excluding hydrogens is 321 g/mol. The number of methoxy groups -OCH3 is 1. The quantitative estimate of drug-likeness (QED) is 0.508. The summed E-state index contributed by atoms with van der Waals surface area (Å²) in [7, 11) is 1.39. The first kappa shape index (κ1) is 17.2. The number of rotatable bonds is 5. The van der Waals surface area contributed by atoms with Crippen LogP contribution in [0.5, 0.6) is 5.75 Å². The van der Waals surface area contributed by atoms with Crippen LogP contribution in [0.3, 0.4) is 0 Å². The third kappa shape index (κ3) is 3.43. The van der Waals surface area contributed by atoms with Gasteiger partial charge in [0.1, 0.15) is 23.1 Å². The summed E-state index contributed by atoms with van der Waals surface area (Å²) < 4.78 is 30.6. The predicted molar refractivity (Wildman–Crippen MR) is 84.5 cm³/mol. The summed E-state index contributed by atoms with van der Waals surface area (Å²) in [5, 5.41) is 0.0589. The van der Waals surface area contributed by atoms with Gasteiger partial charge in [-0.3, -0.25) is 4.79 Å². The fourth-order valence-corrected chi connectivity index (χ4v) is 2.57. The molecule has 0 radical (unpaired) electrons. The van der Waals surface area contributed by atoms with Crippen molar-refractivity contribution in [1.82, 2.24) is 9.97 Å². The van der Waals surface area contributed by atoms with Crippen molar-refractivity contribution >= 4 is 22.8 Å². The number of ketones is 1. The Hall–Kier alpha value is -2.19. The molecule has 6 nitrogen and oxygen atoms in total. The zero-order valence-corrected chi connectivity index (χ0v) is 13.7. The number of halogens is 1. The summed E-state index contributed by atoms with van der Waals surface area (Å²) in [4.78, 5) is 20.4. The Bertz CT molecular complexity index is 755. The van der Waals surface area contributed by atoms with Gasteiger partial charge in [-0.2, -0.15) is 9.97 Å². The molecule has 0 spiro atoms. The highest BCUT2D eigenvalue weighted by Gasteiger charge is 2.22. The molecule has 1 unspecified atom stereocenters. The molecule has 0 amide bonds. The topological polar surface area (TPSA) is 101 Å². The van der Waals surface area contributed by atoms with Gasteiger partial charge in [0.05, 0.1) is 18.2 Å². The minimum atomic E-state index is -1.38. The lowest BCUT2D eigenvalue weighted by molar-refractivity contribution is 0.103. The number of nitrogens with zero attached hydrogens (tertiary/aromatic N) is 2. The number of benzene rings is 1. The molecule has 0 aliphatic heterocycles. The van der Waals surface area contributed by atoms with Crippen LogP contribution in [0.15, 0.2) is 23.5 Å². The molecule has 0 aliphatic rings. The lowest BCUT2D eigenvalue weighted by atomic mass is 10.0. The first-order valence-electron chi connectivity index (χ1n) is 6.78. The number of ether oxygens (including phenoxy) is 1. The average Bonchev–Trinajstić information content (AvgIpc) is 2.55. The average molecular weight is 337 g/mol. The fraction of sp³-hybridized carbons (Fsp3) is 0.267. The summed E-state index contributed by atoms with van der Waals surface area (Å²) >= 11 is -1.38. The van der Waals surface area contributed by atoms with Gasteiger partial charge in [-0.05, 0) is 31.5 Å². The van der Waals surface area contributed by atoms with Gasteiger partial charge in [-0.1, -0.05) is 0 Å². The predicted octanol–water partition coefficient (Wildman–Crippen LogP) is 1.87. The minimum Gasteiger partial charge on any atom is -0.609 e. The lowest BCUT2D eigenvalue weighted by Crippen LogP contribution is -2.15. The normalized spacial score (nSPS) is 12.0. The van der Waals surface area contributed by atoms with Gasteiger partial charge in [-0.25, -0.2) is 4.39 Å². The Balaban J connectivity index is 2.47. The Morgan fingerprint density at radius 3 is 2.70 bits per heavy atom. The van der Waals surface area contributed by atoms with Crippen LogP contribution in [0.25, 0.3) is 0 Å². The molecule has 0 aliphatic carbocycles. The molecular formula is C15H16FN3O3S. The van der Waals surface area contributed by atoms with E-state index in [2.05, 4.69) is 9.97 Å². The number of carbonyl (C=O) groups excluding carboxylic acids is 1. The van der Waals surface area contributed by atoms with Gasteiger partial charge in [0.25, 0.3) is 0 Å². The molecule has 1 aromatic carbocycles. The van der Waals surface area contributed by atoms with Crippen LogP contribution in [0.4, 0.5) is 10.2 Å². The van der Waals surface area contributed by atoms with Crippen molar-refractivity contribution in [3.8, 4) is 5.75 Å². The van der Waals surface area contributed by atoms with Gasteiger partial charge in [0.15, 0.2) is 0 Å². The number of aryl methyl sites for hydroxylation is 1. The zero-order chi connectivity index (χ0) is 17.1. The number of aromatic nitrogens is 2. The van der Waals surface area contributed by atoms with Crippen LogP contribution in [-0.4, -0.2) is 33.2 Å². The van der Waals surface area contributed by atoms with E-state index in [1.54, 1.807) is 13.8 Å². The summed E-state index contributed by atoms with van der Waals surface area (Å²) in [6, 6.07) is 2.52. The zero-order valence-electron chi connectivity index (χ0n) is 12.9. The van der Waals surface area contributed by atoms with E-state index in [4.69, 9.17) is 10.5 Å². The van der Waals surface area contributed by atoms with Crippen molar-refractivity contribution < 1.29 is 18.5 Å². The van der Waals surface area contributed by atoms with Crippen molar-refractivity contribution in [3.05, 3.63) is 40.8 Å². The molecule has 2 N–H and O–H groups in total. The highest BCUT2D eigenvalue weighted by atomic mass is 32.2.